The van der Waals surface area contributed by atoms with Crippen LogP contribution in [0.3, 0.4) is 0 Å². The number of carbonyl (C=O) groups excluding carboxylic acids is 1. The van der Waals surface area contributed by atoms with Crippen molar-refractivity contribution in [1.82, 2.24) is 9.97 Å². The van der Waals surface area contributed by atoms with E-state index in [0.29, 0.717) is 36.0 Å². The summed E-state index contributed by atoms with van der Waals surface area (Å²) in [6, 6.07) is 5.90. The maximum atomic E-state index is 11.0. The quantitative estimate of drug-likeness (QED) is 0.349. The number of nitrogens with one attached hydrogen (secondary N) is 1. The molecule has 1 amide bonds. The fraction of sp³-hybridized carbons (Fsp3) is 0.312. The van der Waals surface area contributed by atoms with Crippen LogP contribution in [0.5, 0.6) is 5.75 Å². The van der Waals surface area contributed by atoms with Crippen LogP contribution in [-0.2, 0) is 11.2 Å². The van der Waals surface area contributed by atoms with Gasteiger partial charge in [-0.15, -0.1) is 0 Å². The van der Waals surface area contributed by atoms with Gasteiger partial charge in [0.2, 0.25) is 11.9 Å². The average molecular weight is 365 g/mol. The van der Waals surface area contributed by atoms with E-state index in [0.717, 1.165) is 5.56 Å². The number of carbonyl (C=O) groups is 1. The van der Waals surface area contributed by atoms with Gasteiger partial charge in [0.1, 0.15) is 10.9 Å². The average Bonchev–Trinajstić information content (AvgIpc) is 2.53. The van der Waals surface area contributed by atoms with E-state index >= 15 is 0 Å². The fourth-order valence-corrected chi connectivity index (χ4v) is 2.47. The molecule has 8 nitrogen and oxygen atoms in total. The Bertz CT molecular complexity index is 757. The molecule has 0 bridgehead atoms. The molecule has 0 unspecified atom stereocenters. The molecule has 1 aromatic heterocycles. The lowest BCUT2D eigenvalue weighted by atomic mass is 10.1. The van der Waals surface area contributed by atoms with Crippen molar-refractivity contribution < 1.29 is 14.5 Å². The third-order valence-corrected chi connectivity index (χ3v) is 3.65. The molecule has 1 heterocycles. The minimum Gasteiger partial charge on any atom is -0.494 e. The molecule has 132 valence electrons. The number of non-ortho nitro benzene ring substituents is 1. The first kappa shape index (κ1) is 18.6. The van der Waals surface area contributed by atoms with E-state index in [1.807, 2.05) is 0 Å². The summed E-state index contributed by atoms with van der Waals surface area (Å²) in [6.07, 6.45) is 1.28. The summed E-state index contributed by atoms with van der Waals surface area (Å²) in [5.41, 5.74) is 1.51. The van der Waals surface area contributed by atoms with E-state index in [1.54, 1.807) is 19.1 Å². The Morgan fingerprint density at radius 1 is 1.32 bits per heavy atom. The first-order valence-corrected chi connectivity index (χ1v) is 7.92. The molecule has 0 radical (unpaired) electrons. The van der Waals surface area contributed by atoms with Crippen LogP contribution in [0.25, 0.3) is 0 Å². The molecule has 1 aromatic carbocycles. The lowest BCUT2D eigenvalue weighted by Gasteiger charge is -2.10. The number of nitro groups is 1. The highest BCUT2D eigenvalue weighted by atomic mass is 35.5. The van der Waals surface area contributed by atoms with Crippen molar-refractivity contribution in [1.29, 1.82) is 0 Å². The molecule has 0 atom stereocenters. The third-order valence-electron chi connectivity index (χ3n) is 3.34. The van der Waals surface area contributed by atoms with Crippen LogP contribution in [0.15, 0.2) is 24.3 Å². The van der Waals surface area contributed by atoms with Gasteiger partial charge in [-0.05, 0) is 31.9 Å². The highest BCUT2D eigenvalue weighted by Crippen LogP contribution is 2.21. The van der Waals surface area contributed by atoms with Crippen LogP contribution < -0.4 is 10.1 Å². The van der Waals surface area contributed by atoms with Crippen molar-refractivity contribution in [2.75, 3.05) is 11.9 Å². The smallest absolute Gasteiger partial charge is 0.269 e. The predicted molar refractivity (Wildman–Crippen MR) is 93.0 cm³/mol. The van der Waals surface area contributed by atoms with Crippen molar-refractivity contribution in [3.05, 3.63) is 50.8 Å². The molecule has 0 spiro atoms. The summed E-state index contributed by atoms with van der Waals surface area (Å²) in [5, 5.41) is 13.4. The molecule has 0 aliphatic carbocycles. The first-order valence-electron chi connectivity index (χ1n) is 7.54. The van der Waals surface area contributed by atoms with Crippen LogP contribution in [0, 0.1) is 17.0 Å². The number of benzene rings is 1. The molecular weight excluding hydrogens is 348 g/mol. The molecular formula is C16H17ClN4O4. The summed E-state index contributed by atoms with van der Waals surface area (Å²) in [6.45, 7) is 3.59. The van der Waals surface area contributed by atoms with Crippen LogP contribution >= 0.6 is 11.6 Å². The number of nitro benzene ring substituents is 1. The maximum Gasteiger partial charge on any atom is 0.269 e. The second-order valence-electron chi connectivity index (χ2n) is 5.29. The zero-order valence-electron chi connectivity index (χ0n) is 13.8. The fourth-order valence-electron chi connectivity index (χ4n) is 2.16. The summed E-state index contributed by atoms with van der Waals surface area (Å²) in [7, 11) is 0. The topological polar surface area (TPSA) is 107 Å². The number of amides is 1. The lowest BCUT2D eigenvalue weighted by molar-refractivity contribution is -0.384. The lowest BCUT2D eigenvalue weighted by Crippen LogP contribution is -2.11. The molecule has 1 N–H and O–H groups in total. The second kappa shape index (κ2) is 8.39. The van der Waals surface area contributed by atoms with Gasteiger partial charge in [0, 0.05) is 30.3 Å². The molecule has 2 rings (SSSR count). The van der Waals surface area contributed by atoms with Gasteiger partial charge in [-0.2, -0.15) is 0 Å². The highest BCUT2D eigenvalue weighted by molar-refractivity contribution is 6.30. The van der Waals surface area contributed by atoms with Crippen LogP contribution in [0.4, 0.5) is 11.6 Å². The zero-order chi connectivity index (χ0) is 18.4. The van der Waals surface area contributed by atoms with E-state index in [1.165, 1.54) is 19.1 Å². The molecule has 9 heteroatoms. The van der Waals surface area contributed by atoms with E-state index in [-0.39, 0.29) is 17.5 Å². The molecule has 2 aromatic rings. The summed E-state index contributed by atoms with van der Waals surface area (Å²) in [4.78, 5) is 29.4. The number of hydrogen-bond donors (Lipinski definition) is 1. The number of aromatic nitrogens is 2. The van der Waals surface area contributed by atoms with Gasteiger partial charge in [0.25, 0.3) is 5.69 Å². The summed E-state index contributed by atoms with van der Waals surface area (Å²) >= 11 is 6.15. The van der Waals surface area contributed by atoms with Crippen molar-refractivity contribution in [2.24, 2.45) is 0 Å². The number of nitrogens with zero attached hydrogens (tertiary/aromatic N) is 3. The van der Waals surface area contributed by atoms with Crippen LogP contribution in [0.1, 0.15) is 24.6 Å². The Labute approximate surface area is 149 Å². The minimum absolute atomic E-state index is 0.0196. The monoisotopic (exact) mass is 364 g/mol. The Hall–Kier alpha value is -2.74. The van der Waals surface area contributed by atoms with E-state index in [4.69, 9.17) is 16.3 Å². The molecule has 0 saturated heterocycles. The van der Waals surface area contributed by atoms with E-state index < -0.39 is 4.92 Å². The van der Waals surface area contributed by atoms with Crippen molar-refractivity contribution in [3.63, 3.8) is 0 Å². The Morgan fingerprint density at radius 2 is 2.00 bits per heavy atom. The highest BCUT2D eigenvalue weighted by Gasteiger charge is 2.11. The first-order chi connectivity index (χ1) is 11.9. The normalized spacial score (nSPS) is 10.4. The van der Waals surface area contributed by atoms with E-state index in [9.17, 15) is 14.9 Å². The van der Waals surface area contributed by atoms with E-state index in [2.05, 4.69) is 15.3 Å². The van der Waals surface area contributed by atoms with Crippen LogP contribution in [0.2, 0.25) is 5.15 Å². The molecule has 0 aliphatic heterocycles. The third kappa shape index (κ3) is 5.39. The van der Waals surface area contributed by atoms with Gasteiger partial charge in [0.05, 0.1) is 11.5 Å². The molecule has 0 fully saturated rings. The molecule has 0 aliphatic rings. The summed E-state index contributed by atoms with van der Waals surface area (Å²) in [5.74, 6) is 0.478. The van der Waals surface area contributed by atoms with Crippen LogP contribution in [-0.4, -0.2) is 27.4 Å². The predicted octanol–water partition coefficient (Wildman–Crippen LogP) is 3.32. The number of halogens is 1. The SMILES string of the molecule is CC(=O)Nc1nc(C)c(CCCOc2ccc([N+](=O)[O-])cc2)c(Cl)n1. The molecule has 25 heavy (non-hydrogen) atoms. The van der Waals surface area contributed by atoms with Gasteiger partial charge >= 0.3 is 0 Å². The van der Waals surface area contributed by atoms with Gasteiger partial charge < -0.3 is 4.74 Å². The zero-order valence-corrected chi connectivity index (χ0v) is 14.5. The van der Waals surface area contributed by atoms with Gasteiger partial charge in [-0.3, -0.25) is 20.2 Å². The van der Waals surface area contributed by atoms with Gasteiger partial charge in [-0.25, -0.2) is 9.97 Å². The second-order valence-corrected chi connectivity index (χ2v) is 5.64. The summed E-state index contributed by atoms with van der Waals surface area (Å²) < 4.78 is 5.56. The Balaban J connectivity index is 1.89. The number of anilines is 1. The Kier molecular flexibility index (Phi) is 6.24. The maximum absolute atomic E-state index is 11.0. The number of rotatable bonds is 7. The number of hydrogen-bond acceptors (Lipinski definition) is 6. The van der Waals surface area contributed by atoms with Gasteiger partial charge in [-0.1, -0.05) is 11.6 Å². The van der Waals surface area contributed by atoms with Crippen molar-refractivity contribution in [2.45, 2.75) is 26.7 Å². The Morgan fingerprint density at radius 3 is 2.56 bits per heavy atom. The minimum atomic E-state index is -0.459. The number of ether oxygens (including phenoxy) is 1. The van der Waals surface area contributed by atoms with Crippen molar-refractivity contribution in [3.8, 4) is 5.75 Å². The largest absolute Gasteiger partial charge is 0.494 e. The molecule has 0 saturated carbocycles. The number of aryl methyl sites for hydroxylation is 1. The standard InChI is InChI=1S/C16H17ClN4O4/c1-10-14(15(17)20-16(18-10)19-11(2)22)4-3-9-25-13-7-5-12(6-8-13)21(23)24/h5-8H,3-4,9H2,1-2H3,(H,18,19,20,22). The van der Waals surface area contributed by atoms with Gasteiger partial charge in [0.15, 0.2) is 0 Å². The van der Waals surface area contributed by atoms with Crippen molar-refractivity contribution >= 4 is 29.1 Å².